The van der Waals surface area contributed by atoms with E-state index in [4.69, 9.17) is 0 Å². The third-order valence-corrected chi connectivity index (χ3v) is 7.55. The molecule has 0 N–H and O–H groups in total. The van der Waals surface area contributed by atoms with Crippen molar-refractivity contribution in [2.24, 2.45) is 0 Å². The summed E-state index contributed by atoms with van der Waals surface area (Å²) in [6.07, 6.45) is 0. The highest BCUT2D eigenvalue weighted by Crippen LogP contribution is 2.38. The Balaban J connectivity index is 1.69. The van der Waals surface area contributed by atoms with E-state index in [2.05, 4.69) is 144 Å². The van der Waals surface area contributed by atoms with Crippen molar-refractivity contribution >= 4 is 37.7 Å². The van der Waals surface area contributed by atoms with E-state index in [0.29, 0.717) is 0 Å². The smallest absolute Gasteiger partial charge is 0.0541 e. The second-order valence-corrected chi connectivity index (χ2v) is 9.77. The molecule has 0 saturated carbocycles. The largest absolute Gasteiger partial charge is 0.309 e. The van der Waals surface area contributed by atoms with Crippen LogP contribution in [-0.4, -0.2) is 4.57 Å². The summed E-state index contributed by atoms with van der Waals surface area (Å²) in [5, 5.41) is 2.54. The fraction of sp³-hybridized carbons (Fsp3) is 0.0625. The molecule has 1 heterocycles. The maximum atomic E-state index is 3.70. The number of rotatable bonds is 3. The number of halogens is 1. The minimum atomic E-state index is 1.15. The van der Waals surface area contributed by atoms with E-state index >= 15 is 0 Å². The van der Waals surface area contributed by atoms with Gasteiger partial charge in [-0.1, -0.05) is 88.7 Å². The zero-order valence-corrected chi connectivity index (χ0v) is 20.8. The number of nitrogens with zero attached hydrogens (tertiary/aromatic N) is 1. The third-order valence-electron chi connectivity index (χ3n) is 6.70. The molecule has 0 aliphatic heterocycles. The van der Waals surface area contributed by atoms with Gasteiger partial charge in [-0.25, -0.2) is 0 Å². The fourth-order valence-electron chi connectivity index (χ4n) is 4.91. The fourth-order valence-corrected chi connectivity index (χ4v) is 5.37. The first-order chi connectivity index (χ1) is 16.6. The molecule has 0 fully saturated rings. The summed E-state index contributed by atoms with van der Waals surface area (Å²) in [5.41, 5.74) is 11.1. The molecule has 0 amide bonds. The molecular weight excluding hydrogens is 478 g/mol. The molecule has 0 aliphatic carbocycles. The predicted molar refractivity (Wildman–Crippen MR) is 149 cm³/mol. The molecule has 2 heteroatoms. The van der Waals surface area contributed by atoms with Crippen LogP contribution in [0.2, 0.25) is 0 Å². The van der Waals surface area contributed by atoms with E-state index in [-0.39, 0.29) is 0 Å². The lowest BCUT2D eigenvalue weighted by atomic mass is 10.0. The summed E-state index contributed by atoms with van der Waals surface area (Å²) in [6.45, 7) is 4.34. The molecule has 164 valence electrons. The van der Waals surface area contributed by atoms with Crippen molar-refractivity contribution in [1.82, 2.24) is 4.57 Å². The summed E-state index contributed by atoms with van der Waals surface area (Å²) in [6, 6.07) is 39.5. The van der Waals surface area contributed by atoms with Crippen molar-refractivity contribution in [3.8, 4) is 27.9 Å². The van der Waals surface area contributed by atoms with Crippen molar-refractivity contribution in [2.45, 2.75) is 13.8 Å². The predicted octanol–water partition coefficient (Wildman–Crippen LogP) is 9.50. The monoisotopic (exact) mass is 501 g/mol. The van der Waals surface area contributed by atoms with Crippen molar-refractivity contribution in [3.05, 3.63) is 125 Å². The Kier molecular flexibility index (Phi) is 5.12. The average Bonchev–Trinajstić information content (AvgIpc) is 3.20. The van der Waals surface area contributed by atoms with Gasteiger partial charge in [-0.2, -0.15) is 0 Å². The summed E-state index contributed by atoms with van der Waals surface area (Å²) < 4.78 is 3.57. The Labute approximate surface area is 208 Å². The Bertz CT molecular complexity index is 1560. The first kappa shape index (κ1) is 20.9. The quantitative estimate of drug-likeness (QED) is 0.227. The van der Waals surface area contributed by atoms with E-state index < -0.39 is 0 Å². The van der Waals surface area contributed by atoms with Gasteiger partial charge in [0.1, 0.15) is 0 Å². The molecule has 5 aromatic carbocycles. The van der Waals surface area contributed by atoms with Gasteiger partial charge in [0.05, 0.1) is 11.0 Å². The molecule has 0 atom stereocenters. The van der Waals surface area contributed by atoms with Gasteiger partial charge in [0, 0.05) is 20.9 Å². The van der Waals surface area contributed by atoms with Crippen LogP contribution in [0.4, 0.5) is 0 Å². The van der Waals surface area contributed by atoms with E-state index in [1.165, 1.54) is 60.9 Å². The highest BCUT2D eigenvalue weighted by atomic mass is 79.9. The molecule has 0 saturated heterocycles. The highest BCUT2D eigenvalue weighted by molar-refractivity contribution is 9.10. The Morgan fingerprint density at radius 2 is 1.00 bits per heavy atom. The zero-order valence-electron chi connectivity index (χ0n) is 19.2. The van der Waals surface area contributed by atoms with Gasteiger partial charge >= 0.3 is 0 Å². The molecule has 0 bridgehead atoms. The second-order valence-electron chi connectivity index (χ2n) is 8.92. The molecule has 6 rings (SSSR count). The Morgan fingerprint density at radius 3 is 1.50 bits per heavy atom. The summed E-state index contributed by atoms with van der Waals surface area (Å²) in [7, 11) is 0. The average molecular weight is 502 g/mol. The van der Waals surface area contributed by atoms with Gasteiger partial charge in [0.15, 0.2) is 0 Å². The molecule has 1 aromatic heterocycles. The standard InChI is InChI=1S/C32H24BrN/c1-21-18-32(22(2)17-29(21)33)34-30-15-13-25(23-9-5-3-6-10-23)19-27(30)28-20-26(14-16-31(28)34)24-11-7-4-8-12-24/h3-20H,1-2H3. The van der Waals surface area contributed by atoms with Gasteiger partial charge in [-0.15, -0.1) is 0 Å². The molecule has 6 aromatic rings. The highest BCUT2D eigenvalue weighted by Gasteiger charge is 2.16. The van der Waals surface area contributed by atoms with Crippen LogP contribution in [0, 0.1) is 13.8 Å². The van der Waals surface area contributed by atoms with Crippen molar-refractivity contribution in [2.75, 3.05) is 0 Å². The van der Waals surface area contributed by atoms with E-state index in [1.54, 1.807) is 0 Å². The van der Waals surface area contributed by atoms with Crippen molar-refractivity contribution in [3.63, 3.8) is 0 Å². The SMILES string of the molecule is Cc1cc(-n2c3ccc(-c4ccccc4)cc3c3cc(-c4ccccc4)ccc32)c(C)cc1Br. The zero-order chi connectivity index (χ0) is 23.2. The lowest BCUT2D eigenvalue weighted by Gasteiger charge is -2.14. The van der Waals surface area contributed by atoms with Crippen LogP contribution in [0.25, 0.3) is 49.7 Å². The lowest BCUT2D eigenvalue weighted by molar-refractivity contribution is 1.14. The third kappa shape index (κ3) is 3.46. The molecule has 1 nitrogen and oxygen atoms in total. The van der Waals surface area contributed by atoms with Gasteiger partial charge in [0.2, 0.25) is 0 Å². The first-order valence-corrected chi connectivity index (χ1v) is 12.4. The molecule has 34 heavy (non-hydrogen) atoms. The van der Waals surface area contributed by atoms with Crippen LogP contribution in [0.1, 0.15) is 11.1 Å². The lowest BCUT2D eigenvalue weighted by Crippen LogP contribution is -1.98. The van der Waals surface area contributed by atoms with E-state index in [9.17, 15) is 0 Å². The number of fused-ring (bicyclic) bond motifs is 3. The number of aromatic nitrogens is 1. The topological polar surface area (TPSA) is 4.93 Å². The summed E-state index contributed by atoms with van der Waals surface area (Å²) >= 11 is 3.70. The van der Waals surface area contributed by atoms with Crippen LogP contribution < -0.4 is 0 Å². The minimum absolute atomic E-state index is 1.15. The number of hydrogen-bond acceptors (Lipinski definition) is 0. The molecular formula is C32H24BrN. The van der Waals surface area contributed by atoms with Crippen LogP contribution >= 0.6 is 15.9 Å². The van der Waals surface area contributed by atoms with Crippen molar-refractivity contribution in [1.29, 1.82) is 0 Å². The van der Waals surface area contributed by atoms with Crippen LogP contribution in [0.15, 0.2) is 114 Å². The first-order valence-electron chi connectivity index (χ1n) is 11.6. The number of benzene rings is 5. The van der Waals surface area contributed by atoms with Gasteiger partial charge in [0.25, 0.3) is 0 Å². The maximum Gasteiger partial charge on any atom is 0.0541 e. The Morgan fingerprint density at radius 1 is 0.500 bits per heavy atom. The second kappa shape index (κ2) is 8.30. The van der Waals surface area contributed by atoms with E-state index in [0.717, 1.165) is 4.47 Å². The van der Waals surface area contributed by atoms with Gasteiger partial charge in [-0.05, 0) is 83.6 Å². The van der Waals surface area contributed by atoms with Crippen LogP contribution in [0.3, 0.4) is 0 Å². The molecule has 0 unspecified atom stereocenters. The summed E-state index contributed by atoms with van der Waals surface area (Å²) in [4.78, 5) is 0. The number of aryl methyl sites for hydroxylation is 2. The summed E-state index contributed by atoms with van der Waals surface area (Å²) in [5.74, 6) is 0. The van der Waals surface area contributed by atoms with Gasteiger partial charge < -0.3 is 4.57 Å². The number of hydrogen-bond donors (Lipinski definition) is 0. The van der Waals surface area contributed by atoms with Crippen molar-refractivity contribution < 1.29 is 0 Å². The molecule has 0 radical (unpaired) electrons. The van der Waals surface area contributed by atoms with Gasteiger partial charge in [-0.3, -0.25) is 0 Å². The molecule has 0 aliphatic rings. The van der Waals surface area contributed by atoms with Crippen LogP contribution in [-0.2, 0) is 0 Å². The Hall–Kier alpha value is -3.62. The van der Waals surface area contributed by atoms with E-state index in [1.807, 2.05) is 0 Å². The maximum absolute atomic E-state index is 3.70. The minimum Gasteiger partial charge on any atom is -0.309 e. The normalized spacial score (nSPS) is 11.4. The van der Waals surface area contributed by atoms with Crippen LogP contribution in [0.5, 0.6) is 0 Å². The molecule has 0 spiro atoms.